The quantitative estimate of drug-likeness (QED) is 0.0736. The van der Waals surface area contributed by atoms with Crippen molar-refractivity contribution >= 4 is 70.6 Å². The minimum absolute atomic E-state index is 0.00336. The number of hydrogen-bond acceptors (Lipinski definition) is 1. The Bertz CT molecular complexity index is 3250. The monoisotopic (exact) mass is 707 g/mol. The maximum Gasteiger partial charge on any atom is 0.0498 e. The van der Waals surface area contributed by atoms with Gasteiger partial charge in [0.25, 0.3) is 0 Å². The van der Waals surface area contributed by atoms with Crippen molar-refractivity contribution in [2.75, 3.05) is 19.6 Å². The topological polar surface area (TPSA) is 3.24 Å². The fourth-order valence-corrected chi connectivity index (χ4v) is 17.6. The lowest BCUT2D eigenvalue weighted by molar-refractivity contribution is 0.308. The number of rotatable bonds is 11. The van der Waals surface area contributed by atoms with Crippen LogP contribution in [0.3, 0.4) is 0 Å². The van der Waals surface area contributed by atoms with Gasteiger partial charge in [0.15, 0.2) is 0 Å². The standard InChI is InChI=1S/C54H45N/c1-2-3-4-5-6-7-8-9-10-11-22-55-23-53-33-20-21-34-32-19-17-30-28-15-13-26-25-12-14-27-29-16-18-31(33)41-39(29)44-37(27)35(25)43-36(26)38(28)45-40(30)42(32)52(54(34,53)24-55)50-48(45)46(43)47(44)49(50)51(41)53/h12-21,25,27,29,35,37,39H,2-11,22-24H2,1H3. The molecule has 2 spiro atoms. The van der Waals surface area contributed by atoms with E-state index in [9.17, 15) is 0 Å². The maximum absolute atomic E-state index is 3.01. The summed E-state index contributed by atoms with van der Waals surface area (Å²) in [6.07, 6.45) is 30.3. The Kier molecular flexibility index (Phi) is 4.39. The summed E-state index contributed by atoms with van der Waals surface area (Å²) in [5, 5.41) is 19.9. The molecule has 6 aromatic carbocycles. The molecule has 6 aromatic rings. The molecule has 17 rings (SSSR count). The zero-order chi connectivity index (χ0) is 35.0. The lowest BCUT2D eigenvalue weighted by Gasteiger charge is -2.52. The van der Waals surface area contributed by atoms with E-state index in [4.69, 9.17) is 0 Å². The van der Waals surface area contributed by atoms with Crippen LogP contribution in [0.15, 0.2) is 77.4 Å². The molecule has 55 heavy (non-hydrogen) atoms. The van der Waals surface area contributed by atoms with Gasteiger partial charge in [0.2, 0.25) is 0 Å². The second kappa shape index (κ2) is 8.55. The van der Waals surface area contributed by atoms with E-state index >= 15 is 0 Å². The van der Waals surface area contributed by atoms with E-state index in [0.29, 0.717) is 35.5 Å². The fourth-order valence-electron chi connectivity index (χ4n) is 17.6. The third-order valence-electron chi connectivity index (χ3n) is 18.9. The van der Waals surface area contributed by atoms with Gasteiger partial charge in [0.05, 0.1) is 0 Å². The first-order valence-electron chi connectivity index (χ1n) is 22.7. The summed E-state index contributed by atoms with van der Waals surface area (Å²) in [4.78, 5) is 3.01. The normalized spacial score (nSPS) is 34.6. The number of likely N-dealkylation sites (tertiary alicyclic amines) is 1. The van der Waals surface area contributed by atoms with Crippen LogP contribution < -0.4 is 10.4 Å². The highest BCUT2D eigenvalue weighted by Gasteiger charge is 2.74. The van der Waals surface area contributed by atoms with Crippen LogP contribution in [0, 0.1) is 29.1 Å². The van der Waals surface area contributed by atoms with Gasteiger partial charge in [-0.25, -0.2) is 0 Å². The smallest absolute Gasteiger partial charge is 0.0498 e. The van der Waals surface area contributed by atoms with Gasteiger partial charge in [-0.1, -0.05) is 125 Å². The molecule has 0 aromatic heterocycles. The van der Waals surface area contributed by atoms with Crippen molar-refractivity contribution in [3.63, 3.8) is 0 Å². The molecule has 266 valence electrons. The second-order valence-corrected chi connectivity index (χ2v) is 20.4. The Labute approximate surface area is 321 Å². The van der Waals surface area contributed by atoms with Crippen molar-refractivity contribution in [2.45, 2.75) is 88.4 Å². The van der Waals surface area contributed by atoms with E-state index in [2.05, 4.69) is 72.5 Å². The molecule has 1 nitrogen and oxygen atoms in total. The van der Waals surface area contributed by atoms with Crippen LogP contribution in [0.25, 0.3) is 70.6 Å². The maximum atomic E-state index is 3.01. The summed E-state index contributed by atoms with van der Waals surface area (Å²) in [5.41, 5.74) is 17.6. The van der Waals surface area contributed by atoms with Crippen molar-refractivity contribution in [3.05, 3.63) is 110 Å². The van der Waals surface area contributed by atoms with Gasteiger partial charge in [-0.15, -0.1) is 0 Å². The summed E-state index contributed by atoms with van der Waals surface area (Å²) in [5.74, 6) is 3.55. The lowest BCUT2D eigenvalue weighted by Crippen LogP contribution is -2.50. The Morgan fingerprint density at radius 1 is 0.636 bits per heavy atom. The van der Waals surface area contributed by atoms with Crippen LogP contribution in [-0.2, 0) is 5.41 Å². The first-order chi connectivity index (χ1) is 27.3. The Hall–Kier alpha value is -4.20. The number of hydrogen-bond donors (Lipinski definition) is 0. The van der Waals surface area contributed by atoms with Crippen LogP contribution in [0.4, 0.5) is 0 Å². The first kappa shape index (κ1) is 28.2. The van der Waals surface area contributed by atoms with Crippen molar-refractivity contribution in [1.29, 1.82) is 0 Å². The van der Waals surface area contributed by atoms with E-state index in [0.717, 1.165) is 0 Å². The summed E-state index contributed by atoms with van der Waals surface area (Å²) in [7, 11) is 0. The van der Waals surface area contributed by atoms with Gasteiger partial charge in [-0.2, -0.15) is 0 Å². The van der Waals surface area contributed by atoms with Gasteiger partial charge in [-0.3, -0.25) is 0 Å². The molecule has 1 saturated heterocycles. The van der Waals surface area contributed by atoms with Crippen LogP contribution >= 0.6 is 0 Å². The summed E-state index contributed by atoms with van der Waals surface area (Å²) < 4.78 is 0. The molecule has 0 amide bonds. The van der Waals surface area contributed by atoms with E-state index < -0.39 is 0 Å². The largest absolute Gasteiger partial charge is 0.301 e. The van der Waals surface area contributed by atoms with Gasteiger partial charge in [0, 0.05) is 41.7 Å². The van der Waals surface area contributed by atoms with Crippen molar-refractivity contribution < 1.29 is 0 Å². The minimum Gasteiger partial charge on any atom is -0.301 e. The molecular weight excluding hydrogens is 663 g/mol. The molecule has 1 saturated carbocycles. The molecule has 1 heterocycles. The highest BCUT2D eigenvalue weighted by Crippen LogP contribution is 2.80. The molecule has 2 fully saturated rings. The van der Waals surface area contributed by atoms with Gasteiger partial charge in [-0.05, 0) is 151 Å². The lowest BCUT2D eigenvalue weighted by atomic mass is 9.48. The van der Waals surface area contributed by atoms with E-state index in [-0.39, 0.29) is 10.8 Å². The molecule has 11 aliphatic rings. The number of allylic oxidation sites excluding steroid dienone is 8. The third-order valence-corrected chi connectivity index (χ3v) is 18.9. The molecule has 8 atom stereocenters. The van der Waals surface area contributed by atoms with Crippen LogP contribution in [0.2, 0.25) is 0 Å². The zero-order valence-corrected chi connectivity index (χ0v) is 31.9. The van der Waals surface area contributed by atoms with E-state index in [1.54, 1.807) is 92.5 Å². The molecule has 1 heteroatoms. The van der Waals surface area contributed by atoms with Gasteiger partial charge >= 0.3 is 0 Å². The predicted octanol–water partition coefficient (Wildman–Crippen LogP) is 11.0. The van der Waals surface area contributed by atoms with Crippen LogP contribution in [0.1, 0.15) is 105 Å². The Morgan fingerprint density at radius 3 is 2.27 bits per heavy atom. The third kappa shape index (κ3) is 2.44. The average molecular weight is 708 g/mol. The molecule has 0 N–H and O–H groups in total. The average Bonchev–Trinajstić information content (AvgIpc) is 4.05. The highest BCUT2D eigenvalue weighted by atomic mass is 15.2. The van der Waals surface area contributed by atoms with Crippen molar-refractivity contribution in [2.24, 2.45) is 29.1 Å². The summed E-state index contributed by atoms with van der Waals surface area (Å²) in [6.45, 7) is 5.96. The van der Waals surface area contributed by atoms with E-state index in [1.807, 2.05) is 16.7 Å². The van der Waals surface area contributed by atoms with Gasteiger partial charge in [0.1, 0.15) is 0 Å². The second-order valence-electron chi connectivity index (χ2n) is 20.4. The van der Waals surface area contributed by atoms with Crippen LogP contribution in [-0.4, -0.2) is 24.5 Å². The molecule has 1 aliphatic heterocycles. The van der Waals surface area contributed by atoms with E-state index in [1.165, 1.54) is 94.6 Å². The summed E-state index contributed by atoms with van der Waals surface area (Å²) >= 11 is 0. The first-order valence-corrected chi connectivity index (χ1v) is 22.7. The number of benzene rings is 4. The van der Waals surface area contributed by atoms with Gasteiger partial charge < -0.3 is 4.90 Å². The SMILES string of the molecule is CCCCCCCCCCCCN1CC23C4=C5C=CC6C7C5=C2c2c5c8c9c%10c(ccc%11c%12ccc%13c%14c(c2c8c(c%10%11)c%14%12)C3(C1)C=%13C=C4)C1C=CC6C(C=57)C91. The fraction of sp³-hybridized carbons (Fsp3) is 0.407. The molecule has 8 unspecified atom stereocenters. The number of fused-ring (bicyclic) bond motifs is 3. The Morgan fingerprint density at radius 2 is 1.40 bits per heavy atom. The predicted molar refractivity (Wildman–Crippen MR) is 227 cm³/mol. The number of nitrogens with zero attached hydrogens (tertiary/aromatic N) is 1. The molecule has 0 radical (unpaired) electrons. The summed E-state index contributed by atoms with van der Waals surface area (Å²) in [6, 6.07) is 10.3. The molecular formula is C54H45N. The number of unbranched alkanes of at least 4 members (excludes halogenated alkanes) is 9. The van der Waals surface area contributed by atoms with Crippen molar-refractivity contribution in [1.82, 2.24) is 4.90 Å². The highest BCUT2D eigenvalue weighted by molar-refractivity contribution is 6.47. The van der Waals surface area contributed by atoms with Crippen molar-refractivity contribution in [3.8, 4) is 0 Å². The zero-order valence-electron chi connectivity index (χ0n) is 31.9. The Balaban J connectivity index is 0.955. The van der Waals surface area contributed by atoms with Crippen LogP contribution in [0.5, 0.6) is 0 Å². The molecule has 0 bridgehead atoms. The minimum atomic E-state index is 0.00336. The molecule has 10 aliphatic carbocycles.